The smallest absolute Gasteiger partial charge is 1.00 e. The minimum Gasteiger partial charge on any atom is -1.00 e. The van der Waals surface area contributed by atoms with Crippen molar-refractivity contribution in [1.82, 2.24) is 0 Å². The number of carbonyl (C=O) groups excluding carboxylic acids is 2. The van der Waals surface area contributed by atoms with Crippen molar-refractivity contribution >= 4 is 11.6 Å². The first-order valence-electron chi connectivity index (χ1n) is 5.18. The summed E-state index contributed by atoms with van der Waals surface area (Å²) in [4.78, 5) is 23.1. The van der Waals surface area contributed by atoms with Crippen LogP contribution in [-0.4, -0.2) is 16.7 Å². The molecule has 1 fully saturated rings. The Balaban J connectivity index is 0.00000144. The monoisotopic (exact) mass is 240 g/mol. The number of benzene rings is 1. The van der Waals surface area contributed by atoms with Crippen LogP contribution in [0.1, 0.15) is 25.7 Å². The summed E-state index contributed by atoms with van der Waals surface area (Å²) in [5.74, 6) is -0.592. The molecule has 1 saturated carbocycles. The molecule has 0 heterocycles. The Morgan fingerprint density at radius 1 is 1.12 bits per heavy atom. The van der Waals surface area contributed by atoms with Crippen LogP contribution in [0.15, 0.2) is 42.2 Å². The zero-order chi connectivity index (χ0) is 11.5. The number of hydrogen-bond donors (Lipinski definition) is 1. The summed E-state index contributed by atoms with van der Waals surface area (Å²) >= 11 is 0. The van der Waals surface area contributed by atoms with Gasteiger partial charge in [0.05, 0.1) is 11.8 Å². The predicted octanol–water partition coefficient (Wildman–Crippen LogP) is -0.739. The number of rotatable bonds is 1. The third kappa shape index (κ3) is 3.06. The number of aliphatic hydroxyl groups is 1. The van der Waals surface area contributed by atoms with E-state index in [1.54, 1.807) is 0 Å². The number of hydrogen-bond acceptors (Lipinski definition) is 3. The summed E-state index contributed by atoms with van der Waals surface area (Å²) in [6, 6.07) is 9.51. The molecule has 0 aliphatic heterocycles. The van der Waals surface area contributed by atoms with E-state index in [1.807, 2.05) is 30.3 Å². The topological polar surface area (TPSA) is 54.4 Å². The molecule has 0 radical (unpaired) electrons. The second-order valence-corrected chi connectivity index (χ2v) is 3.90. The Morgan fingerprint density at radius 2 is 1.65 bits per heavy atom. The van der Waals surface area contributed by atoms with Gasteiger partial charge in [-0.1, -0.05) is 30.3 Å². The zero-order valence-corrected chi connectivity index (χ0v) is 11.7. The van der Waals surface area contributed by atoms with Crippen LogP contribution in [0, 0.1) is 0 Å². The molecule has 3 nitrogen and oxygen atoms in total. The van der Waals surface area contributed by atoms with E-state index in [1.165, 1.54) is 0 Å². The van der Waals surface area contributed by atoms with Gasteiger partial charge in [-0.3, -0.25) is 9.59 Å². The molecule has 1 aliphatic rings. The van der Waals surface area contributed by atoms with Crippen LogP contribution in [0.5, 0.6) is 0 Å². The Hall–Kier alpha value is -0.900. The van der Waals surface area contributed by atoms with E-state index in [4.69, 9.17) is 5.11 Å². The minimum absolute atomic E-state index is 0. The average molecular weight is 240 g/mol. The first-order valence-corrected chi connectivity index (χ1v) is 5.18. The van der Waals surface area contributed by atoms with E-state index < -0.39 is 0 Å². The van der Waals surface area contributed by atoms with Gasteiger partial charge < -0.3 is 6.53 Å². The number of ketones is 2. The van der Waals surface area contributed by atoms with Crippen molar-refractivity contribution in [2.24, 2.45) is 0 Å². The van der Waals surface area contributed by atoms with Gasteiger partial charge in [0.25, 0.3) is 0 Å². The van der Waals surface area contributed by atoms with Gasteiger partial charge in [-0.15, -0.1) is 0 Å². The Labute approximate surface area is 123 Å². The molecule has 1 aromatic rings. The predicted molar refractivity (Wildman–Crippen MR) is 60.3 cm³/mol. The second kappa shape index (κ2) is 6.15. The fourth-order valence-electron chi connectivity index (χ4n) is 2.00. The zero-order valence-electron chi connectivity index (χ0n) is 10.7. The van der Waals surface area contributed by atoms with E-state index in [2.05, 4.69) is 0 Å². The van der Waals surface area contributed by atoms with Crippen molar-refractivity contribution in [3.8, 4) is 0 Å². The summed E-state index contributed by atoms with van der Waals surface area (Å²) in [7, 11) is 0. The van der Waals surface area contributed by atoms with Crippen molar-refractivity contribution in [2.45, 2.75) is 18.8 Å². The maximum Gasteiger partial charge on any atom is 1.00 e. The fourth-order valence-corrected chi connectivity index (χ4v) is 2.00. The van der Waals surface area contributed by atoms with Crippen molar-refractivity contribution < 1.29 is 45.7 Å². The van der Waals surface area contributed by atoms with Crippen LogP contribution in [0.4, 0.5) is 0 Å². The van der Waals surface area contributed by atoms with E-state index in [9.17, 15) is 9.59 Å². The Morgan fingerprint density at radius 3 is 2.12 bits per heavy atom. The molecule has 4 heteroatoms. The van der Waals surface area contributed by atoms with Crippen LogP contribution in [0.3, 0.4) is 0 Å². The normalized spacial score (nSPS) is 19.8. The molecule has 0 aromatic heterocycles. The molecule has 1 N–H and O–H groups in total. The summed E-state index contributed by atoms with van der Waals surface area (Å²) < 4.78 is 0. The van der Waals surface area contributed by atoms with Crippen molar-refractivity contribution in [3.63, 3.8) is 0 Å². The van der Waals surface area contributed by atoms with Gasteiger partial charge in [-0.2, -0.15) is 0 Å². The maximum atomic E-state index is 11.6. The number of carbonyl (C=O) groups is 2. The Bertz CT molecular complexity index is 437. The van der Waals surface area contributed by atoms with Crippen LogP contribution < -0.4 is 29.6 Å². The van der Waals surface area contributed by atoms with Crippen molar-refractivity contribution in [2.75, 3.05) is 0 Å². The van der Waals surface area contributed by atoms with E-state index in [0.29, 0.717) is 19.1 Å². The molecule has 0 saturated heterocycles. The summed E-state index contributed by atoms with van der Waals surface area (Å²) in [6.45, 7) is 0. The third-order valence-electron chi connectivity index (χ3n) is 2.86. The molecule has 0 atom stereocenters. The average Bonchev–Trinajstić information content (AvgIpc) is 2.30. The number of allylic oxidation sites excluding steroid dienone is 1. The molecule has 2 rings (SSSR count). The third-order valence-corrected chi connectivity index (χ3v) is 2.86. The van der Waals surface area contributed by atoms with Gasteiger partial charge in [0.15, 0.2) is 11.6 Å². The van der Waals surface area contributed by atoms with Crippen LogP contribution in [0.2, 0.25) is 0 Å². The number of Topliss-reactive ketones (excluding diaryl/α,β-unsaturated/α-hetero) is 2. The van der Waals surface area contributed by atoms with E-state index in [0.717, 1.165) is 5.56 Å². The quantitative estimate of drug-likeness (QED) is 0.304. The van der Waals surface area contributed by atoms with Crippen molar-refractivity contribution in [1.29, 1.82) is 0 Å². The standard InChI is InChI=1S/C13H12O3.Na.H/c14-8-11-12(15)6-10(7-13(11)16)9-4-2-1-3-5-9;;/h1-5,8,10,14H,6-7H2;;/q;+1;-1. The molecule has 0 amide bonds. The van der Waals surface area contributed by atoms with E-state index >= 15 is 0 Å². The van der Waals surface area contributed by atoms with Gasteiger partial charge in [0, 0.05) is 12.8 Å². The molecule has 0 spiro atoms. The summed E-state index contributed by atoms with van der Waals surface area (Å²) in [5, 5.41) is 8.78. The molecule has 0 bridgehead atoms. The summed E-state index contributed by atoms with van der Waals surface area (Å²) in [5.41, 5.74) is 0.938. The largest absolute Gasteiger partial charge is 1.00 e. The van der Waals surface area contributed by atoms with Gasteiger partial charge in [0.1, 0.15) is 0 Å². The van der Waals surface area contributed by atoms with Gasteiger partial charge in [0.2, 0.25) is 0 Å². The van der Waals surface area contributed by atoms with Gasteiger partial charge >= 0.3 is 29.6 Å². The SMILES string of the molecule is O=C1CC(c2ccccc2)CC(=O)C1=CO.[H-].[Na+]. The molecule has 1 aliphatic carbocycles. The molecule has 0 unspecified atom stereocenters. The fraction of sp³-hybridized carbons (Fsp3) is 0.231. The molecular weight excluding hydrogens is 227 g/mol. The molecule has 1 aromatic carbocycles. The second-order valence-electron chi connectivity index (χ2n) is 3.90. The maximum absolute atomic E-state index is 11.6. The Kier molecular flexibility index (Phi) is 5.12. The van der Waals surface area contributed by atoms with E-state index in [-0.39, 0.29) is 54.0 Å². The summed E-state index contributed by atoms with van der Waals surface area (Å²) in [6.07, 6.45) is 1.22. The van der Waals surface area contributed by atoms with Gasteiger partial charge in [-0.05, 0) is 11.5 Å². The van der Waals surface area contributed by atoms with Crippen molar-refractivity contribution in [3.05, 3.63) is 47.7 Å². The van der Waals surface area contributed by atoms with Gasteiger partial charge in [-0.25, -0.2) is 0 Å². The first kappa shape index (κ1) is 14.2. The van der Waals surface area contributed by atoms with Crippen LogP contribution >= 0.6 is 0 Å². The van der Waals surface area contributed by atoms with Crippen LogP contribution in [-0.2, 0) is 9.59 Å². The molecule has 17 heavy (non-hydrogen) atoms. The number of aliphatic hydroxyl groups excluding tert-OH is 1. The molecular formula is C13H13NaO3. The molecule has 84 valence electrons. The van der Waals surface area contributed by atoms with Crippen LogP contribution in [0.25, 0.3) is 0 Å². The minimum atomic E-state index is -0.271. The first-order chi connectivity index (χ1) is 7.72.